The molecule has 0 unspecified atom stereocenters. The number of esters is 2. The van der Waals surface area contributed by atoms with Gasteiger partial charge in [-0.05, 0) is 24.3 Å². The third-order valence-electron chi connectivity index (χ3n) is 3.70. The van der Waals surface area contributed by atoms with Gasteiger partial charge in [0.25, 0.3) is 11.5 Å². The van der Waals surface area contributed by atoms with Crippen LogP contribution in [0.3, 0.4) is 0 Å². The number of hydrogen-bond donors (Lipinski definition) is 0. The monoisotopic (exact) mass is 390 g/mol. The molecule has 1 aromatic heterocycles. The van der Waals surface area contributed by atoms with Gasteiger partial charge in [-0.1, -0.05) is 11.3 Å². The molecule has 0 spiro atoms. The molecule has 1 aliphatic heterocycles. The summed E-state index contributed by atoms with van der Waals surface area (Å²) in [6.45, 7) is 1.33. The maximum atomic E-state index is 12.3. The van der Waals surface area contributed by atoms with Crippen LogP contribution in [0.2, 0.25) is 0 Å². The summed E-state index contributed by atoms with van der Waals surface area (Å²) in [5.41, 5.74) is -0.345. The Bertz CT molecular complexity index is 972. The predicted molar refractivity (Wildman–Crippen MR) is 91.6 cm³/mol. The van der Waals surface area contributed by atoms with Crippen molar-refractivity contribution in [3.63, 3.8) is 0 Å². The van der Waals surface area contributed by atoms with E-state index in [4.69, 9.17) is 9.47 Å². The number of rotatable bonds is 4. The van der Waals surface area contributed by atoms with Crippen LogP contribution in [-0.2, 0) is 24.8 Å². The van der Waals surface area contributed by atoms with Gasteiger partial charge in [-0.25, -0.2) is 9.59 Å². The van der Waals surface area contributed by atoms with E-state index >= 15 is 0 Å². The lowest BCUT2D eigenvalue weighted by molar-refractivity contribution is -0.384. The van der Waals surface area contributed by atoms with Gasteiger partial charge in [-0.15, -0.1) is 0 Å². The number of non-ortho nitro benzene ring substituents is 1. The molecule has 11 heteroatoms. The van der Waals surface area contributed by atoms with E-state index in [-0.39, 0.29) is 16.3 Å². The Morgan fingerprint density at radius 1 is 0.963 bits per heavy atom. The lowest BCUT2D eigenvalue weighted by atomic mass is 10.0. The quantitative estimate of drug-likeness (QED) is 0.255. The molecule has 1 aliphatic rings. The molecule has 0 bridgehead atoms. The molecule has 0 aliphatic carbocycles. The lowest BCUT2D eigenvalue weighted by Gasteiger charge is -2.33. The molecule has 3 rings (SSSR count). The number of benzene rings is 1. The van der Waals surface area contributed by atoms with Gasteiger partial charge in [0.05, 0.1) is 9.85 Å². The third-order valence-corrected chi connectivity index (χ3v) is 4.68. The van der Waals surface area contributed by atoms with Crippen molar-refractivity contribution in [1.29, 1.82) is 0 Å². The van der Waals surface area contributed by atoms with Gasteiger partial charge < -0.3 is 9.47 Å². The first-order valence-corrected chi connectivity index (χ1v) is 8.19. The number of nitro benzene ring substituents is 1. The second kappa shape index (κ2) is 6.61. The molecule has 0 saturated carbocycles. The second-order valence-electron chi connectivity index (χ2n) is 5.52. The second-order valence-corrected chi connectivity index (χ2v) is 6.61. The number of nitro groups is 2. The van der Waals surface area contributed by atoms with Gasteiger partial charge in [-0.3, -0.25) is 20.2 Å². The minimum absolute atomic E-state index is 0.143. The highest BCUT2D eigenvalue weighted by Crippen LogP contribution is 2.35. The number of thiophene rings is 1. The summed E-state index contributed by atoms with van der Waals surface area (Å²) in [5, 5.41) is 21.3. The van der Waals surface area contributed by atoms with Gasteiger partial charge in [0.15, 0.2) is 0 Å². The van der Waals surface area contributed by atoms with Crippen molar-refractivity contribution >= 4 is 40.0 Å². The van der Waals surface area contributed by atoms with Crippen LogP contribution in [0.5, 0.6) is 0 Å². The van der Waals surface area contributed by atoms with Gasteiger partial charge in [0, 0.05) is 35.6 Å². The number of nitrogens with zero attached hydrogens (tertiary/aromatic N) is 2. The first-order valence-electron chi connectivity index (χ1n) is 7.37. The number of carbonyl (C=O) groups excluding carboxylic acids is 2. The molecule has 0 amide bonds. The minimum Gasteiger partial charge on any atom is -0.414 e. The topological polar surface area (TPSA) is 139 Å². The van der Waals surface area contributed by atoms with Crippen LogP contribution < -0.4 is 0 Å². The highest BCUT2D eigenvalue weighted by molar-refractivity contribution is 7.16. The van der Waals surface area contributed by atoms with Crippen LogP contribution in [0.25, 0.3) is 6.08 Å². The molecule has 27 heavy (non-hydrogen) atoms. The highest BCUT2D eigenvalue weighted by atomic mass is 32.1. The van der Waals surface area contributed by atoms with Crippen molar-refractivity contribution in [1.82, 2.24) is 0 Å². The van der Waals surface area contributed by atoms with E-state index in [2.05, 4.69) is 0 Å². The Morgan fingerprint density at radius 3 is 2.04 bits per heavy atom. The fourth-order valence-electron chi connectivity index (χ4n) is 2.35. The molecule has 138 valence electrons. The molecular formula is C16H10N2O8S. The largest absolute Gasteiger partial charge is 0.414 e. The van der Waals surface area contributed by atoms with Crippen molar-refractivity contribution < 1.29 is 28.9 Å². The Hall–Kier alpha value is -3.60. The number of carbonyl (C=O) groups is 2. The van der Waals surface area contributed by atoms with Gasteiger partial charge in [-0.2, -0.15) is 0 Å². The summed E-state index contributed by atoms with van der Waals surface area (Å²) >= 11 is 0.784. The van der Waals surface area contributed by atoms with Crippen LogP contribution >= 0.6 is 11.3 Å². The van der Waals surface area contributed by atoms with Crippen molar-refractivity contribution in [2.24, 2.45) is 0 Å². The van der Waals surface area contributed by atoms with Crippen molar-refractivity contribution in [2.45, 2.75) is 12.7 Å². The van der Waals surface area contributed by atoms with Crippen molar-refractivity contribution in [3.05, 3.63) is 72.6 Å². The Balaban J connectivity index is 1.86. The summed E-state index contributed by atoms with van der Waals surface area (Å²) in [4.78, 5) is 45.1. The Labute approximate surface area is 154 Å². The van der Waals surface area contributed by atoms with Crippen LogP contribution in [-0.4, -0.2) is 21.8 Å². The van der Waals surface area contributed by atoms with Gasteiger partial charge in [0.2, 0.25) is 0 Å². The van der Waals surface area contributed by atoms with Crippen molar-refractivity contribution in [2.75, 3.05) is 0 Å². The van der Waals surface area contributed by atoms with E-state index in [9.17, 15) is 29.8 Å². The first-order chi connectivity index (χ1) is 12.7. The van der Waals surface area contributed by atoms with E-state index in [1.807, 2.05) is 0 Å². The summed E-state index contributed by atoms with van der Waals surface area (Å²) in [7, 11) is 0. The molecule has 2 aromatic rings. The smallest absolute Gasteiger partial charge is 0.349 e. The van der Waals surface area contributed by atoms with Gasteiger partial charge >= 0.3 is 16.9 Å². The summed E-state index contributed by atoms with van der Waals surface area (Å²) in [6, 6.07) is 7.65. The van der Waals surface area contributed by atoms with E-state index in [1.54, 1.807) is 0 Å². The zero-order valence-electron chi connectivity index (χ0n) is 13.6. The molecule has 0 N–H and O–H groups in total. The minimum atomic E-state index is -1.75. The maximum Gasteiger partial charge on any atom is 0.349 e. The summed E-state index contributed by atoms with van der Waals surface area (Å²) in [5.74, 6) is -3.69. The van der Waals surface area contributed by atoms with E-state index in [1.165, 1.54) is 43.3 Å². The molecular weight excluding hydrogens is 380 g/mol. The Morgan fingerprint density at radius 2 is 1.56 bits per heavy atom. The predicted octanol–water partition coefficient (Wildman–Crippen LogP) is 2.92. The van der Waals surface area contributed by atoms with Crippen LogP contribution in [0, 0.1) is 20.2 Å². The summed E-state index contributed by atoms with van der Waals surface area (Å²) in [6.07, 6.45) is 1.15. The molecule has 10 nitrogen and oxygen atoms in total. The highest BCUT2D eigenvalue weighted by Gasteiger charge is 2.44. The number of cyclic esters (lactones) is 2. The number of ether oxygens (including phenoxy) is 2. The molecule has 1 aromatic carbocycles. The SMILES string of the molecule is CC1(c2ccc([N+](=O)[O-])cc2)OC(=O)C(=Cc2ccc([N+](=O)[O-])s2)C(=O)O1. The first kappa shape index (κ1) is 18.2. The zero-order chi connectivity index (χ0) is 19.8. The maximum absolute atomic E-state index is 12.3. The zero-order valence-corrected chi connectivity index (χ0v) is 14.4. The molecule has 1 fully saturated rings. The van der Waals surface area contributed by atoms with Gasteiger partial charge in [0.1, 0.15) is 5.57 Å². The van der Waals surface area contributed by atoms with Crippen molar-refractivity contribution in [3.8, 4) is 0 Å². The molecule has 1 saturated heterocycles. The normalized spacial score (nSPS) is 19.2. The molecule has 2 heterocycles. The van der Waals surface area contributed by atoms with Crippen LogP contribution in [0.4, 0.5) is 10.7 Å². The van der Waals surface area contributed by atoms with E-state index in [0.29, 0.717) is 4.88 Å². The third kappa shape index (κ3) is 3.53. The van der Waals surface area contributed by atoms with E-state index < -0.39 is 33.1 Å². The van der Waals surface area contributed by atoms with Crippen LogP contribution in [0.15, 0.2) is 42.0 Å². The Kier molecular flexibility index (Phi) is 4.45. The average molecular weight is 390 g/mol. The fraction of sp³-hybridized carbons (Fsp3) is 0.125. The molecule has 0 atom stereocenters. The fourth-order valence-corrected chi connectivity index (χ4v) is 3.11. The molecule has 0 radical (unpaired) electrons. The van der Waals surface area contributed by atoms with E-state index in [0.717, 1.165) is 17.4 Å². The lowest BCUT2D eigenvalue weighted by Crippen LogP contribution is -2.42. The standard InChI is InChI=1S/C16H10N2O8S/c1-16(9-2-4-10(5-3-9)17(21)22)25-14(19)12(15(20)26-16)8-11-6-7-13(27-11)18(23)24/h2-8H,1H3. The average Bonchev–Trinajstić information content (AvgIpc) is 3.07. The van der Waals surface area contributed by atoms with Crippen LogP contribution in [0.1, 0.15) is 17.4 Å². The number of hydrogen-bond acceptors (Lipinski definition) is 9. The summed E-state index contributed by atoms with van der Waals surface area (Å²) < 4.78 is 10.4.